The van der Waals surface area contributed by atoms with Crippen molar-refractivity contribution in [2.45, 2.75) is 13.5 Å². The first-order valence-electron chi connectivity index (χ1n) is 3.98. The molecule has 0 radical (unpaired) electrons. The molecule has 0 saturated heterocycles. The quantitative estimate of drug-likeness (QED) is 0.801. The van der Waals surface area contributed by atoms with Crippen molar-refractivity contribution >= 4 is 33.0 Å². The minimum absolute atomic E-state index is 0.0579. The summed E-state index contributed by atoms with van der Waals surface area (Å²) >= 11 is 6.84. The second kappa shape index (κ2) is 5.06. The van der Waals surface area contributed by atoms with E-state index in [-0.39, 0.29) is 18.2 Å². The molecule has 14 heavy (non-hydrogen) atoms. The third kappa shape index (κ3) is 3.91. The van der Waals surface area contributed by atoms with Crippen LogP contribution in [0.2, 0.25) is 0 Å². The van der Waals surface area contributed by atoms with E-state index in [9.17, 15) is 8.42 Å². The fourth-order valence-corrected chi connectivity index (χ4v) is 2.78. The van der Waals surface area contributed by atoms with E-state index in [0.29, 0.717) is 0 Å². The molecule has 0 aliphatic heterocycles. The number of rotatable bonds is 5. The lowest BCUT2D eigenvalue weighted by Crippen LogP contribution is -2.26. The molecule has 0 amide bonds. The van der Waals surface area contributed by atoms with E-state index in [2.05, 4.69) is 9.71 Å². The Balaban J connectivity index is 2.48. The highest BCUT2D eigenvalue weighted by molar-refractivity contribution is 7.89. The molecule has 0 aliphatic carbocycles. The van der Waals surface area contributed by atoms with Crippen molar-refractivity contribution in [1.29, 1.82) is 0 Å². The molecule has 4 nitrogen and oxygen atoms in total. The fourth-order valence-electron chi connectivity index (χ4n) is 0.847. The maximum Gasteiger partial charge on any atom is 0.213 e. The molecule has 0 bridgehead atoms. The van der Waals surface area contributed by atoms with Crippen LogP contribution in [0.5, 0.6) is 0 Å². The highest BCUT2D eigenvalue weighted by atomic mass is 35.5. The predicted molar refractivity (Wildman–Crippen MR) is 58.2 cm³/mol. The van der Waals surface area contributed by atoms with Gasteiger partial charge in [0.05, 0.1) is 23.0 Å². The van der Waals surface area contributed by atoms with Crippen molar-refractivity contribution in [3.63, 3.8) is 0 Å². The number of halogens is 1. The monoisotopic (exact) mass is 254 g/mol. The number of hydrogen-bond donors (Lipinski definition) is 1. The van der Waals surface area contributed by atoms with Crippen molar-refractivity contribution in [3.05, 3.63) is 16.1 Å². The van der Waals surface area contributed by atoms with E-state index in [0.717, 1.165) is 10.7 Å². The van der Waals surface area contributed by atoms with Gasteiger partial charge in [-0.2, -0.15) is 0 Å². The van der Waals surface area contributed by atoms with Crippen LogP contribution in [-0.2, 0) is 16.6 Å². The van der Waals surface area contributed by atoms with Gasteiger partial charge in [-0.1, -0.05) is 0 Å². The topological polar surface area (TPSA) is 59.1 Å². The Labute approximate surface area is 92.4 Å². The molecule has 1 aromatic heterocycles. The van der Waals surface area contributed by atoms with Crippen LogP contribution in [0.4, 0.5) is 0 Å². The summed E-state index contributed by atoms with van der Waals surface area (Å²) in [5, 5.41) is 2.76. The summed E-state index contributed by atoms with van der Waals surface area (Å²) in [5.74, 6) is 0.0447. The van der Waals surface area contributed by atoms with Crippen LogP contribution in [0.3, 0.4) is 0 Å². The number of alkyl halides is 1. The second-order valence-electron chi connectivity index (χ2n) is 2.69. The first kappa shape index (κ1) is 11.9. The number of thiazole rings is 1. The Bertz CT molecular complexity index is 388. The van der Waals surface area contributed by atoms with Crippen LogP contribution in [0.15, 0.2) is 5.38 Å². The maximum absolute atomic E-state index is 11.2. The van der Waals surface area contributed by atoms with Gasteiger partial charge in [-0.25, -0.2) is 18.1 Å². The molecule has 7 heteroatoms. The third-order valence-corrected chi connectivity index (χ3v) is 4.05. The molecule has 1 N–H and O–H groups in total. The van der Waals surface area contributed by atoms with Crippen molar-refractivity contribution in [2.24, 2.45) is 0 Å². The molecule has 0 aliphatic rings. The van der Waals surface area contributed by atoms with Crippen molar-refractivity contribution in [1.82, 2.24) is 9.71 Å². The molecule has 1 aromatic rings. The van der Waals surface area contributed by atoms with Gasteiger partial charge in [-0.05, 0) is 6.92 Å². The minimum atomic E-state index is -3.24. The number of sulfonamides is 1. The normalized spacial score (nSPS) is 11.9. The van der Waals surface area contributed by atoms with Gasteiger partial charge in [0.15, 0.2) is 0 Å². The van der Waals surface area contributed by atoms with Crippen LogP contribution < -0.4 is 4.72 Å². The van der Waals surface area contributed by atoms with Crippen LogP contribution in [0.25, 0.3) is 0 Å². The van der Waals surface area contributed by atoms with Gasteiger partial charge in [0.1, 0.15) is 0 Å². The summed E-state index contributed by atoms with van der Waals surface area (Å²) in [4.78, 5) is 4.13. The van der Waals surface area contributed by atoms with Crippen molar-refractivity contribution < 1.29 is 8.42 Å². The van der Waals surface area contributed by atoms with Crippen molar-refractivity contribution in [2.75, 3.05) is 11.6 Å². The van der Waals surface area contributed by atoms with E-state index >= 15 is 0 Å². The number of aromatic nitrogens is 1. The lowest BCUT2D eigenvalue weighted by atomic mass is 10.5. The van der Waals surface area contributed by atoms with Crippen LogP contribution in [0.1, 0.15) is 10.7 Å². The van der Waals surface area contributed by atoms with E-state index in [4.69, 9.17) is 11.6 Å². The molecule has 0 saturated carbocycles. The minimum Gasteiger partial charge on any atom is -0.245 e. The largest absolute Gasteiger partial charge is 0.245 e. The number of aryl methyl sites for hydroxylation is 1. The smallest absolute Gasteiger partial charge is 0.213 e. The van der Waals surface area contributed by atoms with Gasteiger partial charge in [-0.15, -0.1) is 22.9 Å². The molecule has 0 aromatic carbocycles. The predicted octanol–water partition coefficient (Wildman–Crippen LogP) is 1.11. The molecule has 1 rings (SSSR count). The van der Waals surface area contributed by atoms with Gasteiger partial charge >= 0.3 is 0 Å². The average molecular weight is 255 g/mol. The van der Waals surface area contributed by atoms with E-state index < -0.39 is 10.0 Å². The Kier molecular flexibility index (Phi) is 4.31. The molecule has 0 spiro atoms. The highest BCUT2D eigenvalue weighted by Crippen LogP contribution is 2.07. The second-order valence-corrected chi connectivity index (χ2v) is 6.05. The summed E-state index contributed by atoms with van der Waals surface area (Å²) < 4.78 is 24.8. The van der Waals surface area contributed by atoms with Gasteiger partial charge < -0.3 is 0 Å². The van der Waals surface area contributed by atoms with Crippen LogP contribution >= 0.6 is 22.9 Å². The van der Waals surface area contributed by atoms with Crippen LogP contribution in [0, 0.1) is 6.92 Å². The fraction of sp³-hybridized carbons (Fsp3) is 0.571. The Hall–Kier alpha value is -0.170. The summed E-state index contributed by atoms with van der Waals surface area (Å²) in [6, 6.07) is 0. The van der Waals surface area contributed by atoms with E-state index in [1.807, 2.05) is 12.3 Å². The van der Waals surface area contributed by atoms with Gasteiger partial charge in [0.25, 0.3) is 0 Å². The number of nitrogens with zero attached hydrogens (tertiary/aromatic N) is 1. The summed E-state index contributed by atoms with van der Waals surface area (Å²) in [5.41, 5.74) is 0.741. The summed E-state index contributed by atoms with van der Waals surface area (Å²) in [6.07, 6.45) is 0. The van der Waals surface area contributed by atoms with E-state index in [1.165, 1.54) is 11.3 Å². The maximum atomic E-state index is 11.2. The molecule has 80 valence electrons. The van der Waals surface area contributed by atoms with Gasteiger partial charge in [0, 0.05) is 11.3 Å². The average Bonchev–Trinajstić information content (AvgIpc) is 2.48. The SMILES string of the molecule is Cc1nc(CNS(=O)(=O)CCCl)cs1. The molecule has 0 fully saturated rings. The number of hydrogen-bond acceptors (Lipinski definition) is 4. The Morgan fingerprint density at radius 2 is 2.36 bits per heavy atom. The third-order valence-electron chi connectivity index (χ3n) is 1.49. The zero-order valence-corrected chi connectivity index (χ0v) is 10.0. The van der Waals surface area contributed by atoms with Crippen LogP contribution in [-0.4, -0.2) is 25.0 Å². The lowest BCUT2D eigenvalue weighted by Gasteiger charge is -2.01. The first-order valence-corrected chi connectivity index (χ1v) is 7.04. The van der Waals surface area contributed by atoms with Gasteiger partial charge in [0.2, 0.25) is 10.0 Å². The summed E-state index contributed by atoms with van der Waals surface area (Å²) in [6.45, 7) is 2.12. The van der Waals surface area contributed by atoms with E-state index in [1.54, 1.807) is 0 Å². The molecule has 1 heterocycles. The molecule has 0 atom stereocenters. The molecular weight excluding hydrogens is 244 g/mol. The standard InChI is InChI=1S/C7H11ClN2O2S2/c1-6-10-7(5-13-6)4-9-14(11,12)3-2-8/h5,9H,2-4H2,1H3. The summed E-state index contributed by atoms with van der Waals surface area (Å²) in [7, 11) is -3.24. The van der Waals surface area contributed by atoms with Crippen molar-refractivity contribution in [3.8, 4) is 0 Å². The highest BCUT2D eigenvalue weighted by Gasteiger charge is 2.09. The Morgan fingerprint density at radius 3 is 2.86 bits per heavy atom. The zero-order chi connectivity index (χ0) is 10.6. The molecular formula is C7H11ClN2O2S2. The number of nitrogens with one attached hydrogen (secondary N) is 1. The lowest BCUT2D eigenvalue weighted by molar-refractivity contribution is 0.582. The van der Waals surface area contributed by atoms with Gasteiger partial charge in [-0.3, -0.25) is 0 Å². The Morgan fingerprint density at radius 1 is 1.64 bits per heavy atom. The molecule has 0 unspecified atom stereocenters. The zero-order valence-electron chi connectivity index (χ0n) is 7.66. The first-order chi connectivity index (χ1) is 6.53.